The van der Waals surface area contributed by atoms with Crippen LogP contribution in [0.3, 0.4) is 0 Å². The first-order chi connectivity index (χ1) is 8.20. The molecule has 98 valence electrons. The number of hydrogen-bond acceptors (Lipinski definition) is 3. The Bertz CT molecular complexity index is 262. The van der Waals surface area contributed by atoms with Crippen LogP contribution in [0.15, 0.2) is 0 Å². The molecule has 3 nitrogen and oxygen atoms in total. The fraction of sp³-hybridized carbons (Fsp3) is 0.857. The number of hydrogen-bond donors (Lipinski definition) is 0. The van der Waals surface area contributed by atoms with Crippen molar-refractivity contribution in [2.24, 2.45) is 11.3 Å². The summed E-state index contributed by atoms with van der Waals surface area (Å²) in [5, 5.41) is 0. The topological polar surface area (TPSA) is 43.4 Å². The molecular weight excluding hydrogens is 216 g/mol. The van der Waals surface area contributed by atoms with Crippen LogP contribution >= 0.6 is 0 Å². The molecule has 1 saturated carbocycles. The van der Waals surface area contributed by atoms with E-state index in [0.717, 1.165) is 19.1 Å². The molecule has 0 aromatic carbocycles. The van der Waals surface area contributed by atoms with Crippen LogP contribution in [-0.2, 0) is 14.3 Å². The SMILES string of the molecule is CCCCCCCC[C@@]1(C=O)C[C@H]1C(=O)OC. The number of carbonyl (C=O) groups is 2. The molecule has 1 aliphatic rings. The normalized spacial score (nSPS) is 26.6. The van der Waals surface area contributed by atoms with E-state index >= 15 is 0 Å². The van der Waals surface area contributed by atoms with Gasteiger partial charge in [-0.15, -0.1) is 0 Å². The lowest BCUT2D eigenvalue weighted by molar-refractivity contribution is -0.143. The summed E-state index contributed by atoms with van der Waals surface area (Å²) in [4.78, 5) is 22.4. The van der Waals surface area contributed by atoms with Crippen LogP contribution < -0.4 is 0 Å². The smallest absolute Gasteiger partial charge is 0.309 e. The van der Waals surface area contributed by atoms with Gasteiger partial charge in [-0.05, 0) is 12.8 Å². The second-order valence-corrected chi connectivity index (χ2v) is 5.15. The van der Waals surface area contributed by atoms with E-state index in [2.05, 4.69) is 6.92 Å². The van der Waals surface area contributed by atoms with Crippen molar-refractivity contribution < 1.29 is 14.3 Å². The molecule has 0 spiro atoms. The Morgan fingerprint density at radius 1 is 1.29 bits per heavy atom. The summed E-state index contributed by atoms with van der Waals surface area (Å²) in [6.45, 7) is 2.20. The molecule has 0 aromatic rings. The second-order valence-electron chi connectivity index (χ2n) is 5.15. The van der Waals surface area contributed by atoms with Crippen LogP contribution in [0.1, 0.15) is 58.3 Å². The summed E-state index contributed by atoms with van der Waals surface area (Å²) in [5.41, 5.74) is -0.377. The standard InChI is InChI=1S/C14H24O3/c1-3-4-5-6-7-8-9-14(11-15)10-12(14)13(16)17-2/h11-12H,3-10H2,1-2H3/t12-,14-/m0/s1. The highest BCUT2D eigenvalue weighted by Crippen LogP contribution is 2.55. The lowest BCUT2D eigenvalue weighted by atomic mass is 9.96. The summed E-state index contributed by atoms with van der Waals surface area (Å²) >= 11 is 0. The van der Waals surface area contributed by atoms with E-state index in [-0.39, 0.29) is 17.3 Å². The minimum Gasteiger partial charge on any atom is -0.469 e. The molecule has 3 heteroatoms. The van der Waals surface area contributed by atoms with Crippen LogP contribution in [0.4, 0.5) is 0 Å². The Morgan fingerprint density at radius 3 is 2.53 bits per heavy atom. The number of methoxy groups -OCH3 is 1. The van der Waals surface area contributed by atoms with Crippen LogP contribution in [0.2, 0.25) is 0 Å². The third-order valence-corrected chi connectivity index (χ3v) is 3.83. The van der Waals surface area contributed by atoms with Crippen LogP contribution in [0.25, 0.3) is 0 Å². The van der Waals surface area contributed by atoms with Crippen molar-refractivity contribution in [2.75, 3.05) is 7.11 Å². The van der Waals surface area contributed by atoms with Crippen molar-refractivity contribution in [2.45, 2.75) is 58.3 Å². The Balaban J connectivity index is 2.17. The van der Waals surface area contributed by atoms with Gasteiger partial charge in [-0.1, -0.05) is 45.4 Å². The molecule has 2 atom stereocenters. The number of rotatable bonds is 9. The molecular formula is C14H24O3. The molecule has 0 radical (unpaired) electrons. The number of carbonyl (C=O) groups excluding carboxylic acids is 2. The van der Waals surface area contributed by atoms with Gasteiger partial charge in [-0.3, -0.25) is 4.79 Å². The largest absolute Gasteiger partial charge is 0.469 e. The van der Waals surface area contributed by atoms with Gasteiger partial charge in [-0.2, -0.15) is 0 Å². The summed E-state index contributed by atoms with van der Waals surface area (Å²) in [6, 6.07) is 0. The Kier molecular flexibility index (Phi) is 5.66. The van der Waals surface area contributed by atoms with Gasteiger partial charge in [-0.25, -0.2) is 0 Å². The van der Waals surface area contributed by atoms with Crippen molar-refractivity contribution >= 4 is 12.3 Å². The number of unbranched alkanes of at least 4 members (excludes halogenated alkanes) is 5. The van der Waals surface area contributed by atoms with Gasteiger partial charge in [0.15, 0.2) is 0 Å². The zero-order valence-electron chi connectivity index (χ0n) is 11.0. The molecule has 0 bridgehead atoms. The van der Waals surface area contributed by atoms with E-state index in [0.29, 0.717) is 6.42 Å². The fourth-order valence-electron chi connectivity index (χ4n) is 2.48. The van der Waals surface area contributed by atoms with Gasteiger partial charge in [0.25, 0.3) is 0 Å². The van der Waals surface area contributed by atoms with Gasteiger partial charge in [0.2, 0.25) is 0 Å². The van der Waals surface area contributed by atoms with Crippen LogP contribution in [0.5, 0.6) is 0 Å². The molecule has 1 rings (SSSR count). The van der Waals surface area contributed by atoms with Gasteiger partial charge in [0, 0.05) is 5.41 Å². The monoisotopic (exact) mass is 240 g/mol. The van der Waals surface area contributed by atoms with E-state index < -0.39 is 0 Å². The zero-order chi connectivity index (χ0) is 12.7. The van der Waals surface area contributed by atoms with Gasteiger partial charge >= 0.3 is 5.97 Å². The Labute approximate surface area is 104 Å². The minimum atomic E-state index is -0.377. The second kappa shape index (κ2) is 6.77. The number of esters is 1. The first kappa shape index (κ1) is 14.2. The molecule has 0 N–H and O–H groups in total. The average molecular weight is 240 g/mol. The van der Waals surface area contributed by atoms with E-state index in [9.17, 15) is 9.59 Å². The first-order valence-corrected chi connectivity index (χ1v) is 6.74. The van der Waals surface area contributed by atoms with Crippen molar-refractivity contribution in [3.8, 4) is 0 Å². The first-order valence-electron chi connectivity index (χ1n) is 6.74. The third kappa shape index (κ3) is 3.83. The predicted molar refractivity (Wildman–Crippen MR) is 66.6 cm³/mol. The molecule has 1 fully saturated rings. The molecule has 17 heavy (non-hydrogen) atoms. The van der Waals surface area contributed by atoms with Crippen molar-refractivity contribution in [1.29, 1.82) is 0 Å². The molecule has 0 amide bonds. The molecule has 0 unspecified atom stereocenters. The molecule has 0 aromatic heterocycles. The predicted octanol–water partition coefficient (Wildman–Crippen LogP) is 3.12. The highest BCUT2D eigenvalue weighted by atomic mass is 16.5. The lowest BCUT2D eigenvalue weighted by Crippen LogP contribution is -2.13. The summed E-state index contributed by atoms with van der Waals surface area (Å²) in [7, 11) is 1.39. The van der Waals surface area contributed by atoms with E-state index in [4.69, 9.17) is 4.74 Å². The maximum Gasteiger partial charge on any atom is 0.309 e. The van der Waals surface area contributed by atoms with Crippen molar-refractivity contribution in [3.05, 3.63) is 0 Å². The summed E-state index contributed by atoms with van der Waals surface area (Å²) < 4.78 is 4.69. The highest BCUT2D eigenvalue weighted by Gasteiger charge is 2.58. The Hall–Kier alpha value is -0.860. The van der Waals surface area contributed by atoms with Crippen LogP contribution in [-0.4, -0.2) is 19.4 Å². The van der Waals surface area contributed by atoms with Gasteiger partial charge < -0.3 is 9.53 Å². The van der Waals surface area contributed by atoms with Crippen molar-refractivity contribution in [3.63, 3.8) is 0 Å². The number of aldehydes is 1. The maximum atomic E-state index is 11.3. The fourth-order valence-corrected chi connectivity index (χ4v) is 2.48. The molecule has 0 heterocycles. The number of ether oxygens (including phenoxy) is 1. The highest BCUT2D eigenvalue weighted by molar-refractivity contribution is 5.84. The summed E-state index contributed by atoms with van der Waals surface area (Å²) in [6.07, 6.45) is 9.81. The maximum absolute atomic E-state index is 11.3. The molecule has 1 aliphatic carbocycles. The minimum absolute atomic E-state index is 0.166. The van der Waals surface area contributed by atoms with E-state index in [1.54, 1.807) is 0 Å². The quantitative estimate of drug-likeness (QED) is 0.353. The average Bonchev–Trinajstić information content (AvgIpc) is 3.08. The Morgan fingerprint density at radius 2 is 1.94 bits per heavy atom. The zero-order valence-corrected chi connectivity index (χ0v) is 11.0. The summed E-state index contributed by atoms with van der Waals surface area (Å²) in [5.74, 6) is -0.385. The van der Waals surface area contributed by atoms with E-state index in [1.165, 1.54) is 39.2 Å². The third-order valence-electron chi connectivity index (χ3n) is 3.83. The lowest BCUT2D eigenvalue weighted by Gasteiger charge is -2.08. The van der Waals surface area contributed by atoms with Crippen molar-refractivity contribution in [1.82, 2.24) is 0 Å². The van der Waals surface area contributed by atoms with Crippen LogP contribution in [0, 0.1) is 11.3 Å². The molecule has 0 saturated heterocycles. The van der Waals surface area contributed by atoms with Gasteiger partial charge in [0.1, 0.15) is 6.29 Å². The molecule has 0 aliphatic heterocycles. The van der Waals surface area contributed by atoms with E-state index in [1.807, 2.05) is 0 Å². The van der Waals surface area contributed by atoms with Gasteiger partial charge in [0.05, 0.1) is 13.0 Å².